The molecule has 0 atom stereocenters. The maximum Gasteiger partial charge on any atom is 0.225 e. The maximum absolute atomic E-state index is 5.90. The summed E-state index contributed by atoms with van der Waals surface area (Å²) >= 11 is 0. The van der Waals surface area contributed by atoms with Gasteiger partial charge in [-0.3, -0.25) is 0 Å². The van der Waals surface area contributed by atoms with Crippen molar-refractivity contribution >= 4 is 16.7 Å². The topological polar surface area (TPSA) is 34.7 Å². The number of hydrogen-bond acceptors (Lipinski definition) is 3. The van der Waals surface area contributed by atoms with Crippen molar-refractivity contribution in [2.24, 2.45) is 4.99 Å². The molecule has 0 saturated carbocycles. The number of fused-ring (bicyclic) bond motifs is 1. The van der Waals surface area contributed by atoms with Crippen LogP contribution in [0.25, 0.3) is 11.0 Å². The SMILES string of the molecule is COCc1cc2ccccc2o/c1=N\c1ccccc1. The molecule has 2 aromatic carbocycles. The van der Waals surface area contributed by atoms with Crippen LogP contribution in [-0.4, -0.2) is 7.11 Å². The third-order valence-corrected chi connectivity index (χ3v) is 3.02. The van der Waals surface area contributed by atoms with Crippen LogP contribution in [0.3, 0.4) is 0 Å². The molecule has 0 bridgehead atoms. The van der Waals surface area contributed by atoms with Gasteiger partial charge in [0.05, 0.1) is 12.3 Å². The number of ether oxygens (including phenoxy) is 1. The highest BCUT2D eigenvalue weighted by atomic mass is 16.5. The standard InChI is InChI=1S/C17H15NO2/c1-19-12-14-11-13-7-5-6-10-16(13)20-17(14)18-15-8-3-2-4-9-15/h2-11H,12H2,1H3/b18-17-. The molecule has 20 heavy (non-hydrogen) atoms. The molecule has 1 heterocycles. The molecule has 0 spiro atoms. The number of hydrogen-bond donors (Lipinski definition) is 0. The van der Waals surface area contributed by atoms with Crippen LogP contribution < -0.4 is 5.55 Å². The Morgan fingerprint density at radius 3 is 2.55 bits per heavy atom. The van der Waals surface area contributed by atoms with Gasteiger partial charge in [-0.25, -0.2) is 4.99 Å². The molecule has 0 aliphatic heterocycles. The Morgan fingerprint density at radius 2 is 1.75 bits per heavy atom. The van der Waals surface area contributed by atoms with Gasteiger partial charge in [-0.2, -0.15) is 0 Å². The number of benzene rings is 2. The first kappa shape index (κ1) is 12.6. The van der Waals surface area contributed by atoms with E-state index in [0.29, 0.717) is 12.2 Å². The van der Waals surface area contributed by atoms with Crippen LogP contribution in [0.5, 0.6) is 0 Å². The Bertz CT molecular complexity index is 776. The average Bonchev–Trinajstić information content (AvgIpc) is 2.49. The number of methoxy groups -OCH3 is 1. The molecule has 0 N–H and O–H groups in total. The van der Waals surface area contributed by atoms with Crippen molar-refractivity contribution in [2.75, 3.05) is 7.11 Å². The van der Waals surface area contributed by atoms with E-state index in [9.17, 15) is 0 Å². The third kappa shape index (κ3) is 2.63. The number of nitrogens with zero attached hydrogens (tertiary/aromatic N) is 1. The molecule has 0 unspecified atom stereocenters. The highest BCUT2D eigenvalue weighted by Crippen LogP contribution is 2.15. The second-order valence-electron chi connectivity index (χ2n) is 4.49. The summed E-state index contributed by atoms with van der Waals surface area (Å²) in [6.45, 7) is 0.472. The molecule has 0 saturated heterocycles. The van der Waals surface area contributed by atoms with Gasteiger partial charge >= 0.3 is 0 Å². The zero-order valence-electron chi connectivity index (χ0n) is 11.2. The summed E-state index contributed by atoms with van der Waals surface area (Å²) in [6.07, 6.45) is 0. The van der Waals surface area contributed by atoms with Crippen LogP contribution in [0, 0.1) is 0 Å². The Balaban J connectivity index is 2.22. The molecule has 3 aromatic rings. The van der Waals surface area contributed by atoms with E-state index in [2.05, 4.69) is 11.1 Å². The largest absolute Gasteiger partial charge is 0.438 e. The monoisotopic (exact) mass is 265 g/mol. The molecule has 3 heteroatoms. The third-order valence-electron chi connectivity index (χ3n) is 3.02. The van der Waals surface area contributed by atoms with E-state index in [1.165, 1.54) is 0 Å². The lowest BCUT2D eigenvalue weighted by Crippen LogP contribution is -2.09. The smallest absolute Gasteiger partial charge is 0.225 e. The first-order valence-corrected chi connectivity index (χ1v) is 6.47. The Labute approximate surface area is 117 Å². The van der Waals surface area contributed by atoms with Crippen LogP contribution in [0.15, 0.2) is 70.1 Å². The zero-order valence-corrected chi connectivity index (χ0v) is 11.2. The average molecular weight is 265 g/mol. The van der Waals surface area contributed by atoms with Gasteiger partial charge in [0.25, 0.3) is 0 Å². The lowest BCUT2D eigenvalue weighted by atomic mass is 10.2. The number of rotatable bonds is 3. The van der Waals surface area contributed by atoms with Gasteiger partial charge in [-0.1, -0.05) is 36.4 Å². The Hall–Kier alpha value is -2.39. The molecule has 0 radical (unpaired) electrons. The van der Waals surface area contributed by atoms with Gasteiger partial charge in [0.15, 0.2) is 0 Å². The molecule has 0 aliphatic carbocycles. The van der Waals surface area contributed by atoms with Crippen LogP contribution in [-0.2, 0) is 11.3 Å². The summed E-state index contributed by atoms with van der Waals surface area (Å²) < 4.78 is 11.1. The molecule has 0 amide bonds. The van der Waals surface area contributed by atoms with Crippen LogP contribution >= 0.6 is 0 Å². The predicted molar refractivity (Wildman–Crippen MR) is 78.6 cm³/mol. The fraction of sp³-hybridized carbons (Fsp3) is 0.118. The van der Waals surface area contributed by atoms with Crippen molar-refractivity contribution in [2.45, 2.75) is 6.61 Å². The van der Waals surface area contributed by atoms with Gasteiger partial charge in [0.2, 0.25) is 5.55 Å². The van der Waals surface area contributed by atoms with Crippen LogP contribution in [0.4, 0.5) is 5.69 Å². The Kier molecular flexibility index (Phi) is 3.61. The van der Waals surface area contributed by atoms with Crippen molar-refractivity contribution in [3.05, 3.63) is 71.8 Å². The highest BCUT2D eigenvalue weighted by molar-refractivity contribution is 5.76. The molecular formula is C17H15NO2. The van der Waals surface area contributed by atoms with Crippen LogP contribution in [0.1, 0.15) is 5.56 Å². The fourth-order valence-corrected chi connectivity index (χ4v) is 2.09. The van der Waals surface area contributed by atoms with Crippen molar-refractivity contribution < 1.29 is 9.15 Å². The van der Waals surface area contributed by atoms with Gasteiger partial charge in [-0.05, 0) is 24.3 Å². The fourth-order valence-electron chi connectivity index (χ4n) is 2.09. The van der Waals surface area contributed by atoms with E-state index in [1.807, 2.05) is 54.6 Å². The van der Waals surface area contributed by atoms with E-state index in [1.54, 1.807) is 7.11 Å². The summed E-state index contributed by atoms with van der Waals surface area (Å²) in [4.78, 5) is 4.56. The summed E-state index contributed by atoms with van der Waals surface area (Å²) in [5.74, 6) is 0. The lowest BCUT2D eigenvalue weighted by Gasteiger charge is -2.03. The summed E-state index contributed by atoms with van der Waals surface area (Å²) in [7, 11) is 1.67. The van der Waals surface area contributed by atoms with Crippen molar-refractivity contribution in [1.82, 2.24) is 0 Å². The molecule has 3 rings (SSSR count). The minimum Gasteiger partial charge on any atom is -0.438 e. The quantitative estimate of drug-likeness (QED) is 0.721. The van der Waals surface area contributed by atoms with Crippen LogP contribution in [0.2, 0.25) is 0 Å². The predicted octanol–water partition coefficient (Wildman–Crippen LogP) is 3.81. The second kappa shape index (κ2) is 5.72. The molecule has 100 valence electrons. The first-order chi connectivity index (χ1) is 9.86. The number of para-hydroxylation sites is 2. The molecular weight excluding hydrogens is 250 g/mol. The lowest BCUT2D eigenvalue weighted by molar-refractivity contribution is 0.181. The molecule has 0 fully saturated rings. The summed E-state index contributed by atoms with van der Waals surface area (Å²) in [5.41, 5.74) is 3.22. The summed E-state index contributed by atoms with van der Waals surface area (Å²) in [6, 6.07) is 19.7. The van der Waals surface area contributed by atoms with Crippen molar-refractivity contribution in [3.8, 4) is 0 Å². The van der Waals surface area contributed by atoms with E-state index >= 15 is 0 Å². The van der Waals surface area contributed by atoms with E-state index < -0.39 is 0 Å². The van der Waals surface area contributed by atoms with Gasteiger partial charge in [0.1, 0.15) is 5.58 Å². The van der Waals surface area contributed by atoms with E-state index in [0.717, 1.165) is 22.2 Å². The molecule has 1 aromatic heterocycles. The first-order valence-electron chi connectivity index (χ1n) is 6.47. The Morgan fingerprint density at radius 1 is 1.00 bits per heavy atom. The van der Waals surface area contributed by atoms with E-state index in [-0.39, 0.29) is 0 Å². The van der Waals surface area contributed by atoms with Crippen molar-refractivity contribution in [1.29, 1.82) is 0 Å². The van der Waals surface area contributed by atoms with Gasteiger partial charge < -0.3 is 9.15 Å². The minimum absolute atomic E-state index is 0.472. The summed E-state index contributed by atoms with van der Waals surface area (Å²) in [5, 5.41) is 1.05. The van der Waals surface area contributed by atoms with Crippen molar-refractivity contribution in [3.63, 3.8) is 0 Å². The van der Waals surface area contributed by atoms with Gasteiger partial charge in [-0.15, -0.1) is 0 Å². The zero-order chi connectivity index (χ0) is 13.8. The highest BCUT2D eigenvalue weighted by Gasteiger charge is 2.03. The maximum atomic E-state index is 5.90. The molecule has 0 aliphatic rings. The molecule has 3 nitrogen and oxygen atoms in total. The van der Waals surface area contributed by atoms with Gasteiger partial charge in [0, 0.05) is 18.1 Å². The normalized spacial score (nSPS) is 11.9. The second-order valence-corrected chi connectivity index (χ2v) is 4.49. The minimum atomic E-state index is 0.472. The van der Waals surface area contributed by atoms with E-state index in [4.69, 9.17) is 9.15 Å².